The van der Waals surface area contributed by atoms with E-state index in [9.17, 15) is 13.2 Å². The predicted molar refractivity (Wildman–Crippen MR) is 113 cm³/mol. The molecule has 2 heterocycles. The number of nitrogens with one attached hydrogen (secondary N) is 2. The summed E-state index contributed by atoms with van der Waals surface area (Å²) >= 11 is 0. The van der Waals surface area contributed by atoms with Gasteiger partial charge in [-0.25, -0.2) is 8.42 Å². The molecule has 2 N–H and O–H groups in total. The second-order valence-electron chi connectivity index (χ2n) is 6.63. The summed E-state index contributed by atoms with van der Waals surface area (Å²) < 4.78 is 23.0. The largest absolute Gasteiger partial charge is 0.348 e. The van der Waals surface area contributed by atoms with Gasteiger partial charge in [-0.15, -0.1) is 24.8 Å². The van der Waals surface area contributed by atoms with Crippen molar-refractivity contribution < 1.29 is 13.2 Å². The van der Waals surface area contributed by atoms with Crippen LogP contribution in [0, 0.1) is 0 Å². The molecule has 9 heteroatoms. The number of halogens is 2. The first-order chi connectivity index (χ1) is 12.0. The number of benzene rings is 1. The van der Waals surface area contributed by atoms with Crippen LogP contribution in [0.5, 0.6) is 0 Å². The summed E-state index contributed by atoms with van der Waals surface area (Å²) in [6.07, 6.45) is 3.10. The molecule has 1 saturated heterocycles. The van der Waals surface area contributed by atoms with E-state index in [4.69, 9.17) is 0 Å². The Morgan fingerprint density at radius 1 is 1.19 bits per heavy atom. The number of carbonyl (C=O) groups excluding carboxylic acids is 1. The van der Waals surface area contributed by atoms with Gasteiger partial charge in [0.25, 0.3) is 5.91 Å². The van der Waals surface area contributed by atoms with E-state index in [1.54, 1.807) is 0 Å². The minimum atomic E-state index is -2.86. The van der Waals surface area contributed by atoms with Crippen LogP contribution in [0.25, 0.3) is 0 Å². The molecular formula is C18H27Cl2N3O3S. The number of nitrogens with zero attached hydrogens (tertiary/aromatic N) is 1. The van der Waals surface area contributed by atoms with Crippen LogP contribution in [0.4, 0.5) is 0 Å². The van der Waals surface area contributed by atoms with E-state index in [0.29, 0.717) is 31.7 Å². The molecule has 6 nitrogen and oxygen atoms in total. The minimum Gasteiger partial charge on any atom is -0.348 e. The van der Waals surface area contributed by atoms with Crippen LogP contribution < -0.4 is 10.6 Å². The van der Waals surface area contributed by atoms with Crippen LogP contribution in [0.15, 0.2) is 35.9 Å². The first-order valence-corrected chi connectivity index (χ1v) is 10.5. The lowest BCUT2D eigenvalue weighted by molar-refractivity contribution is 0.0956. The monoisotopic (exact) mass is 435 g/mol. The average molecular weight is 436 g/mol. The molecule has 0 unspecified atom stereocenters. The average Bonchev–Trinajstić information content (AvgIpc) is 2.63. The molecule has 0 radical (unpaired) electrons. The molecule has 1 aromatic rings. The van der Waals surface area contributed by atoms with Crippen molar-refractivity contribution in [3.05, 3.63) is 47.0 Å². The topological polar surface area (TPSA) is 78.5 Å². The molecule has 152 valence electrons. The highest BCUT2D eigenvalue weighted by molar-refractivity contribution is 7.91. The molecule has 2 aliphatic heterocycles. The molecule has 3 rings (SSSR count). The van der Waals surface area contributed by atoms with E-state index in [1.165, 1.54) is 5.57 Å². The van der Waals surface area contributed by atoms with Gasteiger partial charge in [-0.05, 0) is 30.7 Å². The number of sulfone groups is 1. The second-order valence-corrected chi connectivity index (χ2v) is 8.93. The van der Waals surface area contributed by atoms with Crippen LogP contribution >= 0.6 is 24.8 Å². The van der Waals surface area contributed by atoms with Gasteiger partial charge in [0.15, 0.2) is 9.84 Å². The molecule has 1 fully saturated rings. The maximum atomic E-state index is 12.4. The van der Waals surface area contributed by atoms with Crippen molar-refractivity contribution in [3.8, 4) is 0 Å². The zero-order chi connectivity index (χ0) is 17.7. The third-order valence-electron chi connectivity index (χ3n) is 4.67. The normalized spacial score (nSPS) is 19.2. The molecule has 0 spiro atoms. The number of rotatable bonds is 5. The van der Waals surface area contributed by atoms with Crippen LogP contribution in [-0.2, 0) is 16.4 Å². The molecule has 27 heavy (non-hydrogen) atoms. The van der Waals surface area contributed by atoms with Gasteiger partial charge < -0.3 is 10.6 Å². The molecular weight excluding hydrogens is 409 g/mol. The summed E-state index contributed by atoms with van der Waals surface area (Å²) in [6, 6.07) is 7.58. The van der Waals surface area contributed by atoms with Crippen molar-refractivity contribution in [2.75, 3.05) is 44.2 Å². The molecule has 0 atom stereocenters. The standard InChI is InChI=1S/C18H25N3O3S.2ClH/c22-18(20-13-15-4-6-19-7-5-15)17-3-1-2-16(12-17)14-21-8-10-25(23,24)11-9-21;;/h1-4,12,19H,5-11,13-14H2,(H,20,22);2*1H. The predicted octanol–water partition coefficient (Wildman–Crippen LogP) is 1.41. The van der Waals surface area contributed by atoms with E-state index < -0.39 is 9.84 Å². The van der Waals surface area contributed by atoms with Crippen LogP contribution in [0.2, 0.25) is 0 Å². The van der Waals surface area contributed by atoms with Gasteiger partial charge in [0.1, 0.15) is 0 Å². The highest BCUT2D eigenvalue weighted by Gasteiger charge is 2.21. The van der Waals surface area contributed by atoms with Gasteiger partial charge in [0.05, 0.1) is 11.5 Å². The van der Waals surface area contributed by atoms with Crippen molar-refractivity contribution in [2.24, 2.45) is 0 Å². The first kappa shape index (κ1) is 23.9. The Kier molecular flexibility index (Phi) is 9.76. The van der Waals surface area contributed by atoms with Gasteiger partial charge in [-0.2, -0.15) is 0 Å². The van der Waals surface area contributed by atoms with Gasteiger partial charge in [-0.1, -0.05) is 23.8 Å². The maximum absolute atomic E-state index is 12.4. The Bertz CT molecular complexity index is 755. The molecule has 0 aromatic heterocycles. The Hall–Kier alpha value is -1.12. The van der Waals surface area contributed by atoms with Gasteiger partial charge in [-0.3, -0.25) is 9.69 Å². The number of hydrogen-bond acceptors (Lipinski definition) is 5. The van der Waals surface area contributed by atoms with E-state index in [2.05, 4.69) is 21.6 Å². The smallest absolute Gasteiger partial charge is 0.251 e. The molecule has 0 saturated carbocycles. The van der Waals surface area contributed by atoms with Crippen molar-refractivity contribution in [2.45, 2.75) is 13.0 Å². The van der Waals surface area contributed by atoms with E-state index in [0.717, 1.165) is 25.1 Å². The van der Waals surface area contributed by atoms with Gasteiger partial charge in [0.2, 0.25) is 0 Å². The Morgan fingerprint density at radius 2 is 1.93 bits per heavy atom. The summed E-state index contributed by atoms with van der Waals surface area (Å²) in [6.45, 7) is 4.21. The van der Waals surface area contributed by atoms with E-state index >= 15 is 0 Å². The fourth-order valence-corrected chi connectivity index (χ4v) is 4.38. The quantitative estimate of drug-likeness (QED) is 0.683. The summed E-state index contributed by atoms with van der Waals surface area (Å²) in [5, 5.41) is 6.24. The first-order valence-electron chi connectivity index (χ1n) is 8.70. The van der Waals surface area contributed by atoms with E-state index in [-0.39, 0.29) is 42.2 Å². The maximum Gasteiger partial charge on any atom is 0.251 e. The Morgan fingerprint density at radius 3 is 2.59 bits per heavy atom. The fourth-order valence-electron chi connectivity index (χ4n) is 3.10. The zero-order valence-corrected chi connectivity index (χ0v) is 17.6. The number of hydrogen-bond donors (Lipinski definition) is 2. The number of amides is 1. The Balaban J connectivity index is 0.00000182. The SMILES string of the molecule is Cl.Cl.O=C(NCC1=CCNCC1)c1cccc(CN2CCS(=O)(=O)CC2)c1. The van der Waals surface area contributed by atoms with Gasteiger partial charge in [0, 0.05) is 38.3 Å². The summed E-state index contributed by atoms with van der Waals surface area (Å²) in [5.74, 6) is 0.372. The lowest BCUT2D eigenvalue weighted by atomic mass is 10.1. The van der Waals surface area contributed by atoms with E-state index in [1.807, 2.05) is 24.3 Å². The summed E-state index contributed by atoms with van der Waals surface area (Å²) in [4.78, 5) is 14.5. The highest BCUT2D eigenvalue weighted by Crippen LogP contribution is 2.12. The van der Waals surface area contributed by atoms with Crippen LogP contribution in [0.3, 0.4) is 0 Å². The molecule has 0 aliphatic carbocycles. The van der Waals surface area contributed by atoms with Gasteiger partial charge >= 0.3 is 0 Å². The van der Waals surface area contributed by atoms with Crippen molar-refractivity contribution in [1.82, 2.24) is 15.5 Å². The zero-order valence-electron chi connectivity index (χ0n) is 15.1. The number of carbonyl (C=O) groups is 1. The third kappa shape index (κ3) is 7.43. The molecule has 1 amide bonds. The minimum absolute atomic E-state index is 0. The highest BCUT2D eigenvalue weighted by atomic mass is 35.5. The van der Waals surface area contributed by atoms with Crippen LogP contribution in [0.1, 0.15) is 22.3 Å². The second kappa shape index (κ2) is 11.0. The molecule has 2 aliphatic rings. The summed E-state index contributed by atoms with van der Waals surface area (Å²) in [7, 11) is -2.86. The van der Waals surface area contributed by atoms with Crippen molar-refractivity contribution in [3.63, 3.8) is 0 Å². The van der Waals surface area contributed by atoms with Crippen LogP contribution in [-0.4, -0.2) is 63.5 Å². The van der Waals surface area contributed by atoms with Crippen molar-refractivity contribution in [1.29, 1.82) is 0 Å². The fraction of sp³-hybridized carbons (Fsp3) is 0.500. The Labute approximate surface area is 173 Å². The lowest BCUT2D eigenvalue weighted by Crippen LogP contribution is -2.39. The molecule has 0 bridgehead atoms. The summed E-state index contributed by atoms with van der Waals surface area (Å²) in [5.41, 5.74) is 2.95. The lowest BCUT2D eigenvalue weighted by Gasteiger charge is -2.26. The third-order valence-corrected chi connectivity index (χ3v) is 6.28. The van der Waals surface area contributed by atoms with Crippen molar-refractivity contribution >= 4 is 40.6 Å². The molecule has 1 aromatic carbocycles.